The van der Waals surface area contributed by atoms with Gasteiger partial charge in [0.1, 0.15) is 0 Å². The van der Waals surface area contributed by atoms with Gasteiger partial charge in [0.2, 0.25) is 0 Å². The van der Waals surface area contributed by atoms with Crippen LogP contribution >= 0.6 is 0 Å². The van der Waals surface area contributed by atoms with Crippen molar-refractivity contribution >= 4 is 0 Å². The highest BCUT2D eigenvalue weighted by atomic mass is 16.5. The van der Waals surface area contributed by atoms with Gasteiger partial charge in [0.15, 0.2) is 0 Å². The van der Waals surface area contributed by atoms with Gasteiger partial charge in [0.25, 0.3) is 0 Å². The van der Waals surface area contributed by atoms with E-state index in [9.17, 15) is 5.11 Å². The molecule has 3 N–H and O–H groups in total. The first-order valence-electron chi connectivity index (χ1n) is 8.54. The normalized spacial score (nSPS) is 38.0. The van der Waals surface area contributed by atoms with Gasteiger partial charge in [-0.05, 0) is 38.1 Å². The van der Waals surface area contributed by atoms with Gasteiger partial charge in [-0.1, -0.05) is 12.8 Å². The van der Waals surface area contributed by atoms with E-state index in [-0.39, 0.29) is 0 Å². The highest BCUT2D eigenvalue weighted by molar-refractivity contribution is 4.94. The molecule has 3 atom stereocenters. The number of ether oxygens (including phenoxy) is 1. The van der Waals surface area contributed by atoms with Gasteiger partial charge in [-0.2, -0.15) is 0 Å². The maximum absolute atomic E-state index is 10.6. The fourth-order valence-electron chi connectivity index (χ4n) is 4.22. The molecule has 3 rings (SSSR count). The van der Waals surface area contributed by atoms with E-state index in [1.165, 1.54) is 45.1 Å². The summed E-state index contributed by atoms with van der Waals surface area (Å²) in [6, 6.07) is 1.30. The number of hydrogen-bond acceptors (Lipinski definition) is 4. The Labute approximate surface area is 122 Å². The van der Waals surface area contributed by atoms with E-state index in [4.69, 9.17) is 4.74 Å². The van der Waals surface area contributed by atoms with Crippen molar-refractivity contribution in [1.82, 2.24) is 10.6 Å². The van der Waals surface area contributed by atoms with E-state index in [1.807, 2.05) is 0 Å². The third-order valence-electron chi connectivity index (χ3n) is 5.55. The zero-order chi connectivity index (χ0) is 13.8. The van der Waals surface area contributed by atoms with Crippen molar-refractivity contribution in [3.63, 3.8) is 0 Å². The van der Waals surface area contributed by atoms with Crippen molar-refractivity contribution in [3.8, 4) is 0 Å². The number of hydrogen-bond donors (Lipinski definition) is 3. The molecule has 4 heteroatoms. The second-order valence-electron chi connectivity index (χ2n) is 6.98. The van der Waals surface area contributed by atoms with Gasteiger partial charge in [-0.25, -0.2) is 0 Å². The second-order valence-corrected chi connectivity index (χ2v) is 6.98. The first-order chi connectivity index (χ1) is 9.77. The predicted molar refractivity (Wildman–Crippen MR) is 79.8 cm³/mol. The zero-order valence-corrected chi connectivity index (χ0v) is 12.6. The predicted octanol–water partition coefficient (Wildman–Crippen LogP) is 1.43. The van der Waals surface area contributed by atoms with Crippen LogP contribution in [0.25, 0.3) is 0 Å². The smallest absolute Gasteiger partial charge is 0.0815 e. The van der Waals surface area contributed by atoms with Crippen LogP contribution in [0.3, 0.4) is 0 Å². The minimum atomic E-state index is -0.536. The molecule has 0 aromatic heterocycles. The summed E-state index contributed by atoms with van der Waals surface area (Å²) >= 11 is 0. The first kappa shape index (κ1) is 14.8. The molecule has 1 saturated carbocycles. The van der Waals surface area contributed by atoms with Crippen molar-refractivity contribution < 1.29 is 9.84 Å². The number of aliphatic hydroxyl groups is 1. The summed E-state index contributed by atoms with van der Waals surface area (Å²) in [5, 5.41) is 18.0. The zero-order valence-electron chi connectivity index (χ0n) is 12.6. The lowest BCUT2D eigenvalue weighted by molar-refractivity contribution is -0.0634. The van der Waals surface area contributed by atoms with Gasteiger partial charge in [-0.15, -0.1) is 0 Å². The van der Waals surface area contributed by atoms with Gasteiger partial charge in [0, 0.05) is 44.7 Å². The van der Waals surface area contributed by atoms with Crippen LogP contribution in [0.5, 0.6) is 0 Å². The standard InChI is InChI=1S/C16H30N2O2/c19-16(7-10-20-11-8-16)12-18-15-6-3-4-13(15)14-5-1-2-9-17-14/h13-15,17-19H,1-12H2. The van der Waals surface area contributed by atoms with Crippen LogP contribution in [0.2, 0.25) is 0 Å². The van der Waals surface area contributed by atoms with Crippen LogP contribution in [0.1, 0.15) is 51.4 Å². The Kier molecular flexibility index (Phi) is 4.97. The lowest BCUT2D eigenvalue weighted by Gasteiger charge is -2.37. The van der Waals surface area contributed by atoms with Crippen molar-refractivity contribution in [2.45, 2.75) is 69.1 Å². The molecule has 2 aliphatic heterocycles. The van der Waals surface area contributed by atoms with E-state index >= 15 is 0 Å². The number of nitrogens with one attached hydrogen (secondary N) is 2. The fraction of sp³-hybridized carbons (Fsp3) is 1.00. The molecule has 0 bridgehead atoms. The third kappa shape index (κ3) is 3.53. The van der Waals surface area contributed by atoms with E-state index < -0.39 is 5.60 Å². The lowest BCUT2D eigenvalue weighted by Crippen LogP contribution is -2.52. The van der Waals surface area contributed by atoms with E-state index in [1.54, 1.807) is 0 Å². The summed E-state index contributed by atoms with van der Waals surface area (Å²) in [6.45, 7) is 3.34. The minimum Gasteiger partial charge on any atom is -0.388 e. The highest BCUT2D eigenvalue weighted by Crippen LogP contribution is 2.32. The molecule has 20 heavy (non-hydrogen) atoms. The molecule has 0 radical (unpaired) electrons. The summed E-state index contributed by atoms with van der Waals surface area (Å²) in [5.74, 6) is 0.763. The molecular weight excluding hydrogens is 252 g/mol. The number of piperidine rings is 1. The van der Waals surface area contributed by atoms with Gasteiger partial charge >= 0.3 is 0 Å². The van der Waals surface area contributed by atoms with Gasteiger partial charge < -0.3 is 20.5 Å². The fourth-order valence-corrected chi connectivity index (χ4v) is 4.22. The summed E-state index contributed by atoms with van der Waals surface area (Å²) in [5.41, 5.74) is -0.536. The molecule has 0 aromatic carbocycles. The van der Waals surface area contributed by atoms with Crippen molar-refractivity contribution in [3.05, 3.63) is 0 Å². The molecule has 0 aromatic rings. The van der Waals surface area contributed by atoms with Crippen LogP contribution < -0.4 is 10.6 Å². The van der Waals surface area contributed by atoms with Gasteiger partial charge in [-0.3, -0.25) is 0 Å². The van der Waals surface area contributed by atoms with Crippen LogP contribution in [-0.2, 0) is 4.74 Å². The molecule has 3 fully saturated rings. The second kappa shape index (κ2) is 6.73. The average Bonchev–Trinajstić information content (AvgIpc) is 2.95. The monoisotopic (exact) mass is 282 g/mol. The minimum absolute atomic E-state index is 0.536. The largest absolute Gasteiger partial charge is 0.388 e. The van der Waals surface area contributed by atoms with E-state index in [2.05, 4.69) is 10.6 Å². The Morgan fingerprint density at radius 1 is 1.10 bits per heavy atom. The first-order valence-corrected chi connectivity index (χ1v) is 8.54. The molecule has 4 nitrogen and oxygen atoms in total. The van der Waals surface area contributed by atoms with Crippen molar-refractivity contribution in [1.29, 1.82) is 0 Å². The average molecular weight is 282 g/mol. The Bertz CT molecular complexity index is 299. The van der Waals surface area contributed by atoms with Crippen LogP contribution in [0.15, 0.2) is 0 Å². The molecule has 0 spiro atoms. The highest BCUT2D eigenvalue weighted by Gasteiger charge is 2.36. The van der Waals surface area contributed by atoms with Crippen LogP contribution in [0.4, 0.5) is 0 Å². The quantitative estimate of drug-likeness (QED) is 0.730. The topological polar surface area (TPSA) is 53.5 Å². The third-order valence-corrected chi connectivity index (χ3v) is 5.55. The molecule has 3 aliphatic rings. The molecule has 116 valence electrons. The van der Waals surface area contributed by atoms with E-state index in [0.29, 0.717) is 25.3 Å². The SMILES string of the molecule is OC1(CNC2CCCC2C2CCCCN2)CCOCC1. The van der Waals surface area contributed by atoms with Gasteiger partial charge in [0.05, 0.1) is 5.60 Å². The molecule has 3 unspecified atom stereocenters. The molecular formula is C16H30N2O2. The Hall–Kier alpha value is -0.160. The molecule has 2 heterocycles. The van der Waals surface area contributed by atoms with Crippen LogP contribution in [0, 0.1) is 5.92 Å². The Balaban J connectivity index is 1.50. The maximum Gasteiger partial charge on any atom is 0.0815 e. The van der Waals surface area contributed by atoms with Crippen molar-refractivity contribution in [2.75, 3.05) is 26.3 Å². The van der Waals surface area contributed by atoms with Crippen molar-refractivity contribution in [2.24, 2.45) is 5.92 Å². The van der Waals surface area contributed by atoms with Crippen LogP contribution in [-0.4, -0.2) is 49.1 Å². The maximum atomic E-state index is 10.6. The summed E-state index contributed by atoms with van der Waals surface area (Å²) in [7, 11) is 0. The Morgan fingerprint density at radius 2 is 1.95 bits per heavy atom. The van der Waals surface area contributed by atoms with E-state index in [0.717, 1.165) is 25.3 Å². The summed E-state index contributed by atoms with van der Waals surface area (Å²) in [4.78, 5) is 0. The number of rotatable bonds is 4. The lowest BCUT2D eigenvalue weighted by atomic mass is 9.87. The summed E-state index contributed by atoms with van der Waals surface area (Å²) in [6.07, 6.45) is 9.55. The molecule has 2 saturated heterocycles. The molecule has 0 amide bonds. The Morgan fingerprint density at radius 3 is 2.70 bits per heavy atom. The summed E-state index contributed by atoms with van der Waals surface area (Å²) < 4.78 is 5.36. The molecule has 1 aliphatic carbocycles.